The number of benzene rings is 1. The quantitative estimate of drug-likeness (QED) is 0.827. The van der Waals surface area contributed by atoms with Gasteiger partial charge in [-0.2, -0.15) is 0 Å². The van der Waals surface area contributed by atoms with Crippen LogP contribution in [0.1, 0.15) is 37.8 Å². The minimum atomic E-state index is -1.04. The lowest BCUT2D eigenvalue weighted by molar-refractivity contribution is 0.0694. The van der Waals surface area contributed by atoms with Crippen LogP contribution in [-0.2, 0) is 6.54 Å². The Labute approximate surface area is 132 Å². The minimum absolute atomic E-state index is 0.116. The maximum atomic E-state index is 12.3. The Hall–Kier alpha value is -2.21. The maximum Gasteiger partial charge on any atom is 0.339 e. The zero-order valence-electron chi connectivity index (χ0n) is 12.6. The molecule has 0 atom stereocenters. The number of carbonyl (C=O) groups excluding carboxylic acids is 1. The highest BCUT2D eigenvalue weighted by molar-refractivity contribution is 7.98. The lowest BCUT2D eigenvalue weighted by atomic mass is 10.1. The zero-order valence-corrected chi connectivity index (χ0v) is 13.4. The van der Waals surface area contributed by atoms with Crippen molar-refractivity contribution in [3.63, 3.8) is 0 Å². The molecule has 0 spiro atoms. The molecule has 2 rings (SSSR count). The lowest BCUT2D eigenvalue weighted by Crippen LogP contribution is -2.23. The summed E-state index contributed by atoms with van der Waals surface area (Å²) in [7, 11) is 0. The van der Waals surface area contributed by atoms with Crippen LogP contribution in [-0.4, -0.2) is 23.2 Å². The highest BCUT2D eigenvalue weighted by Gasteiger charge is 2.15. The number of aryl methyl sites for hydroxylation is 2. The highest BCUT2D eigenvalue weighted by Crippen LogP contribution is 2.19. The molecule has 0 radical (unpaired) electrons. The van der Waals surface area contributed by atoms with Crippen LogP contribution < -0.4 is 5.32 Å². The van der Waals surface area contributed by atoms with Gasteiger partial charge in [0, 0.05) is 10.5 Å². The lowest BCUT2D eigenvalue weighted by Gasteiger charge is -2.08. The highest BCUT2D eigenvalue weighted by atomic mass is 32.2. The summed E-state index contributed by atoms with van der Waals surface area (Å²) in [5.41, 5.74) is 1.61. The molecule has 1 aromatic heterocycles. The molecule has 1 aromatic carbocycles. The smallest absolute Gasteiger partial charge is 0.339 e. The van der Waals surface area contributed by atoms with E-state index in [0.29, 0.717) is 17.1 Å². The van der Waals surface area contributed by atoms with E-state index < -0.39 is 5.97 Å². The van der Waals surface area contributed by atoms with E-state index in [1.165, 1.54) is 6.07 Å². The Morgan fingerprint density at radius 3 is 2.55 bits per heavy atom. The molecule has 0 bridgehead atoms. The molecule has 0 saturated heterocycles. The standard InChI is InChI=1S/C16H17NO4S/c1-9-4-5-12(22-3)7-13(9)15(18)17-8-11-6-14(16(19)20)10(2)21-11/h4-7H,8H2,1-3H3,(H,17,18)(H,19,20). The van der Waals surface area contributed by atoms with Crippen molar-refractivity contribution in [3.8, 4) is 0 Å². The number of hydrogen-bond donors (Lipinski definition) is 2. The normalized spacial score (nSPS) is 10.5. The van der Waals surface area contributed by atoms with Gasteiger partial charge < -0.3 is 14.8 Å². The predicted octanol–water partition coefficient (Wildman–Crippen LogP) is 3.25. The number of aromatic carboxylic acids is 1. The van der Waals surface area contributed by atoms with Crippen LogP contribution in [0.5, 0.6) is 0 Å². The molecule has 22 heavy (non-hydrogen) atoms. The van der Waals surface area contributed by atoms with Crippen LogP contribution in [0.2, 0.25) is 0 Å². The first-order valence-electron chi connectivity index (χ1n) is 6.67. The third-order valence-electron chi connectivity index (χ3n) is 3.31. The first kappa shape index (κ1) is 16.2. The first-order chi connectivity index (χ1) is 10.4. The van der Waals surface area contributed by atoms with Crippen molar-refractivity contribution in [2.24, 2.45) is 0 Å². The number of carboxylic acid groups (broad SMARTS) is 1. The second kappa shape index (κ2) is 6.70. The van der Waals surface area contributed by atoms with Gasteiger partial charge >= 0.3 is 5.97 Å². The van der Waals surface area contributed by atoms with Gasteiger partial charge in [-0.25, -0.2) is 4.79 Å². The molecule has 1 amide bonds. The van der Waals surface area contributed by atoms with Crippen molar-refractivity contribution in [3.05, 3.63) is 52.5 Å². The van der Waals surface area contributed by atoms with E-state index in [1.54, 1.807) is 18.7 Å². The van der Waals surface area contributed by atoms with Gasteiger partial charge in [-0.15, -0.1) is 11.8 Å². The Bertz CT molecular complexity index is 721. The van der Waals surface area contributed by atoms with Gasteiger partial charge in [-0.1, -0.05) is 6.07 Å². The van der Waals surface area contributed by atoms with E-state index in [-0.39, 0.29) is 18.0 Å². The second-order valence-corrected chi connectivity index (χ2v) is 5.73. The van der Waals surface area contributed by atoms with E-state index in [1.807, 2.05) is 31.4 Å². The molecule has 0 saturated carbocycles. The molecule has 0 aliphatic rings. The van der Waals surface area contributed by atoms with Gasteiger partial charge in [-0.05, 0) is 43.9 Å². The summed E-state index contributed by atoms with van der Waals surface area (Å²) in [5, 5.41) is 11.7. The van der Waals surface area contributed by atoms with Gasteiger partial charge in [0.15, 0.2) is 0 Å². The fraction of sp³-hybridized carbons (Fsp3) is 0.250. The molecule has 5 nitrogen and oxygen atoms in total. The topological polar surface area (TPSA) is 79.5 Å². The molecule has 6 heteroatoms. The number of thioether (sulfide) groups is 1. The second-order valence-electron chi connectivity index (χ2n) is 4.85. The summed E-state index contributed by atoms with van der Waals surface area (Å²) < 4.78 is 5.34. The van der Waals surface area contributed by atoms with Crippen LogP contribution in [0.4, 0.5) is 0 Å². The van der Waals surface area contributed by atoms with Gasteiger partial charge in [-0.3, -0.25) is 4.79 Å². The van der Waals surface area contributed by atoms with Gasteiger partial charge in [0.05, 0.1) is 6.54 Å². The Morgan fingerprint density at radius 2 is 1.95 bits per heavy atom. The van der Waals surface area contributed by atoms with E-state index in [9.17, 15) is 9.59 Å². The van der Waals surface area contributed by atoms with Gasteiger partial charge in [0.2, 0.25) is 0 Å². The Kier molecular flexibility index (Phi) is 4.92. The number of furan rings is 1. The summed E-state index contributed by atoms with van der Waals surface area (Å²) >= 11 is 1.57. The summed E-state index contributed by atoms with van der Waals surface area (Å²) in [4.78, 5) is 24.2. The van der Waals surface area contributed by atoms with Crippen LogP contribution >= 0.6 is 11.8 Å². The average Bonchev–Trinajstić information content (AvgIpc) is 2.86. The fourth-order valence-corrected chi connectivity index (χ4v) is 2.52. The van der Waals surface area contributed by atoms with E-state index in [4.69, 9.17) is 9.52 Å². The van der Waals surface area contributed by atoms with E-state index in [0.717, 1.165) is 10.5 Å². The number of hydrogen-bond acceptors (Lipinski definition) is 4. The zero-order chi connectivity index (χ0) is 16.3. The Morgan fingerprint density at radius 1 is 1.23 bits per heavy atom. The molecule has 0 unspecified atom stereocenters. The van der Waals surface area contributed by atoms with E-state index >= 15 is 0 Å². The van der Waals surface area contributed by atoms with Crippen molar-refractivity contribution in [2.75, 3.05) is 6.26 Å². The van der Waals surface area contributed by atoms with Crippen LogP contribution in [0.15, 0.2) is 33.6 Å². The minimum Gasteiger partial charge on any atom is -0.478 e. The van der Waals surface area contributed by atoms with Crippen molar-refractivity contribution in [2.45, 2.75) is 25.3 Å². The predicted molar refractivity (Wildman–Crippen MR) is 84.5 cm³/mol. The summed E-state index contributed by atoms with van der Waals surface area (Å²) in [5.74, 6) is -0.499. The number of nitrogens with one attached hydrogen (secondary N) is 1. The van der Waals surface area contributed by atoms with Gasteiger partial charge in [0.1, 0.15) is 17.1 Å². The van der Waals surface area contributed by atoms with Crippen LogP contribution in [0, 0.1) is 13.8 Å². The Balaban J connectivity index is 2.10. The van der Waals surface area contributed by atoms with Crippen LogP contribution in [0.3, 0.4) is 0 Å². The largest absolute Gasteiger partial charge is 0.478 e. The summed E-state index contributed by atoms with van der Waals surface area (Å²) in [6, 6.07) is 7.14. The number of amides is 1. The third kappa shape index (κ3) is 3.51. The summed E-state index contributed by atoms with van der Waals surface area (Å²) in [6.07, 6.45) is 1.95. The van der Waals surface area contributed by atoms with Crippen molar-refractivity contribution >= 4 is 23.6 Å². The maximum absolute atomic E-state index is 12.3. The van der Waals surface area contributed by atoms with Crippen molar-refractivity contribution < 1.29 is 19.1 Å². The first-order valence-corrected chi connectivity index (χ1v) is 7.90. The van der Waals surface area contributed by atoms with Crippen molar-refractivity contribution in [1.29, 1.82) is 0 Å². The molecular formula is C16H17NO4S. The monoisotopic (exact) mass is 319 g/mol. The molecule has 0 aliphatic carbocycles. The molecule has 0 fully saturated rings. The average molecular weight is 319 g/mol. The fourth-order valence-electron chi connectivity index (χ4n) is 2.08. The molecule has 2 aromatic rings. The SMILES string of the molecule is CSc1ccc(C)c(C(=O)NCc2cc(C(=O)O)c(C)o2)c1. The molecule has 1 heterocycles. The molecule has 0 aliphatic heterocycles. The third-order valence-corrected chi connectivity index (χ3v) is 4.04. The number of carbonyl (C=O) groups is 2. The number of carboxylic acids is 1. The van der Waals surface area contributed by atoms with E-state index in [2.05, 4.69) is 5.32 Å². The van der Waals surface area contributed by atoms with Crippen LogP contribution in [0.25, 0.3) is 0 Å². The van der Waals surface area contributed by atoms with Gasteiger partial charge in [0.25, 0.3) is 5.91 Å². The number of rotatable bonds is 5. The molecule has 116 valence electrons. The molecular weight excluding hydrogens is 302 g/mol. The summed E-state index contributed by atoms with van der Waals surface area (Å²) in [6.45, 7) is 3.61. The van der Waals surface area contributed by atoms with Crippen molar-refractivity contribution in [1.82, 2.24) is 5.32 Å². The molecule has 2 N–H and O–H groups in total.